The lowest BCUT2D eigenvalue weighted by atomic mass is 10.4. The Bertz CT molecular complexity index is 374. The number of nitrogens with one attached hydrogen (secondary N) is 2. The van der Waals surface area contributed by atoms with Crippen molar-refractivity contribution in [2.75, 3.05) is 18.9 Å². The number of carboxylic acid groups (broad SMARTS) is 1. The molecule has 1 aromatic rings. The third-order valence-electron chi connectivity index (χ3n) is 1.86. The number of carbonyl (C=O) groups excluding carboxylic acids is 1. The number of aromatic carboxylic acids is 1. The van der Waals surface area contributed by atoms with Crippen molar-refractivity contribution in [2.24, 2.45) is 0 Å². The van der Waals surface area contributed by atoms with Crippen LogP contribution in [0.15, 0.2) is 6.07 Å². The monoisotopic (exact) mass is 212 g/mol. The second-order valence-corrected chi connectivity index (χ2v) is 2.92. The summed E-state index contributed by atoms with van der Waals surface area (Å²) in [7, 11) is 1.63. The van der Waals surface area contributed by atoms with E-state index >= 15 is 0 Å². The smallest absolute Gasteiger partial charge is 0.353 e. The third-order valence-corrected chi connectivity index (χ3v) is 1.86. The Kier molecular flexibility index (Phi) is 3.27. The summed E-state index contributed by atoms with van der Waals surface area (Å²) in [5.41, 5.74) is -0.0653. The number of aromatic amines is 1. The van der Waals surface area contributed by atoms with Crippen LogP contribution in [0, 0.1) is 0 Å². The van der Waals surface area contributed by atoms with Crippen LogP contribution in [0.3, 0.4) is 0 Å². The standard InChI is InChI=1S/C8H12N4O3/c1-3-12(2)8(15)9-6-4-5(7(13)14)10-11-6/h4H,3H2,1-2H3,(H,13,14)(H2,9,10,11,15). The molecule has 0 spiro atoms. The van der Waals surface area contributed by atoms with Crippen molar-refractivity contribution in [3.8, 4) is 0 Å². The van der Waals surface area contributed by atoms with Gasteiger partial charge in [0.1, 0.15) is 5.69 Å². The maximum absolute atomic E-state index is 11.3. The van der Waals surface area contributed by atoms with Crippen LogP contribution in [-0.2, 0) is 0 Å². The first-order valence-electron chi connectivity index (χ1n) is 4.35. The molecule has 82 valence electrons. The van der Waals surface area contributed by atoms with Gasteiger partial charge >= 0.3 is 12.0 Å². The molecule has 0 aliphatic heterocycles. The lowest BCUT2D eigenvalue weighted by Crippen LogP contribution is -2.31. The number of urea groups is 1. The number of aromatic nitrogens is 2. The van der Waals surface area contributed by atoms with E-state index in [0.717, 1.165) is 0 Å². The predicted molar refractivity (Wildman–Crippen MR) is 52.9 cm³/mol. The normalized spacial score (nSPS) is 9.73. The fourth-order valence-electron chi connectivity index (χ4n) is 0.844. The molecule has 1 rings (SSSR count). The molecule has 2 amide bonds. The molecule has 0 bridgehead atoms. The molecule has 0 aromatic carbocycles. The van der Waals surface area contributed by atoms with E-state index in [-0.39, 0.29) is 17.5 Å². The fraction of sp³-hybridized carbons (Fsp3) is 0.375. The highest BCUT2D eigenvalue weighted by molar-refractivity contribution is 5.91. The van der Waals surface area contributed by atoms with Crippen molar-refractivity contribution in [3.63, 3.8) is 0 Å². The number of anilines is 1. The zero-order chi connectivity index (χ0) is 11.4. The Labute approximate surface area is 86.1 Å². The van der Waals surface area contributed by atoms with E-state index in [1.54, 1.807) is 7.05 Å². The number of carbonyl (C=O) groups is 2. The second kappa shape index (κ2) is 4.45. The SMILES string of the molecule is CCN(C)C(=O)Nc1cc(C(=O)O)[nH]n1. The van der Waals surface area contributed by atoms with Crippen molar-refractivity contribution in [2.45, 2.75) is 6.92 Å². The zero-order valence-electron chi connectivity index (χ0n) is 8.44. The molecule has 0 aliphatic rings. The lowest BCUT2D eigenvalue weighted by Gasteiger charge is -2.13. The van der Waals surface area contributed by atoms with Gasteiger partial charge in [0.2, 0.25) is 0 Å². The summed E-state index contributed by atoms with van der Waals surface area (Å²) in [6.07, 6.45) is 0. The van der Waals surface area contributed by atoms with Gasteiger partial charge in [-0.15, -0.1) is 0 Å². The first-order chi connectivity index (χ1) is 7.04. The Balaban J connectivity index is 2.65. The molecule has 1 aromatic heterocycles. The van der Waals surface area contributed by atoms with Crippen LogP contribution in [0.5, 0.6) is 0 Å². The van der Waals surface area contributed by atoms with E-state index in [1.165, 1.54) is 11.0 Å². The highest BCUT2D eigenvalue weighted by Gasteiger charge is 2.11. The molecule has 15 heavy (non-hydrogen) atoms. The number of H-pyrrole nitrogens is 1. The minimum atomic E-state index is -1.12. The number of nitrogens with zero attached hydrogens (tertiary/aromatic N) is 2. The van der Waals surface area contributed by atoms with Crippen molar-refractivity contribution >= 4 is 17.8 Å². The topological polar surface area (TPSA) is 98.3 Å². The van der Waals surface area contributed by atoms with E-state index in [4.69, 9.17) is 5.11 Å². The van der Waals surface area contributed by atoms with Crippen LogP contribution < -0.4 is 5.32 Å². The number of amides is 2. The van der Waals surface area contributed by atoms with Crippen LogP contribution in [0.1, 0.15) is 17.4 Å². The molecule has 0 aliphatic carbocycles. The summed E-state index contributed by atoms with van der Waals surface area (Å²) >= 11 is 0. The van der Waals surface area contributed by atoms with E-state index < -0.39 is 5.97 Å². The molecule has 0 radical (unpaired) electrons. The van der Waals surface area contributed by atoms with Crippen LogP contribution in [-0.4, -0.2) is 45.8 Å². The molecule has 0 unspecified atom stereocenters. The predicted octanol–water partition coefficient (Wildman–Crippen LogP) is 0.591. The molecule has 0 fully saturated rings. The lowest BCUT2D eigenvalue weighted by molar-refractivity contribution is 0.0690. The van der Waals surface area contributed by atoms with Crippen molar-refractivity contribution in [3.05, 3.63) is 11.8 Å². The molecule has 0 atom stereocenters. The van der Waals surface area contributed by atoms with Gasteiger partial charge in [-0.25, -0.2) is 9.59 Å². The second-order valence-electron chi connectivity index (χ2n) is 2.92. The molecule has 7 nitrogen and oxygen atoms in total. The van der Waals surface area contributed by atoms with Gasteiger partial charge in [-0.1, -0.05) is 0 Å². The Morgan fingerprint density at radius 1 is 1.67 bits per heavy atom. The van der Waals surface area contributed by atoms with Crippen molar-refractivity contribution < 1.29 is 14.7 Å². The Morgan fingerprint density at radius 3 is 2.80 bits per heavy atom. The molecular weight excluding hydrogens is 200 g/mol. The van der Waals surface area contributed by atoms with Crippen molar-refractivity contribution in [1.29, 1.82) is 0 Å². The van der Waals surface area contributed by atoms with E-state index in [1.807, 2.05) is 6.92 Å². The van der Waals surface area contributed by atoms with Gasteiger partial charge in [0.25, 0.3) is 0 Å². The molecule has 1 heterocycles. The van der Waals surface area contributed by atoms with Gasteiger partial charge in [0.15, 0.2) is 5.82 Å². The number of carboxylic acids is 1. The van der Waals surface area contributed by atoms with Crippen molar-refractivity contribution in [1.82, 2.24) is 15.1 Å². The van der Waals surface area contributed by atoms with E-state index in [0.29, 0.717) is 6.54 Å². The Hall–Kier alpha value is -2.05. The fourth-order valence-corrected chi connectivity index (χ4v) is 0.844. The minimum absolute atomic E-state index is 0.0653. The van der Waals surface area contributed by atoms with Gasteiger partial charge in [-0.3, -0.25) is 10.4 Å². The number of hydrogen-bond donors (Lipinski definition) is 3. The van der Waals surface area contributed by atoms with E-state index in [9.17, 15) is 9.59 Å². The number of rotatable bonds is 3. The third kappa shape index (κ3) is 2.70. The van der Waals surface area contributed by atoms with E-state index in [2.05, 4.69) is 15.5 Å². The average molecular weight is 212 g/mol. The van der Waals surface area contributed by atoms with Crippen LogP contribution in [0.25, 0.3) is 0 Å². The minimum Gasteiger partial charge on any atom is -0.477 e. The summed E-state index contributed by atoms with van der Waals surface area (Å²) in [5.74, 6) is -0.926. The van der Waals surface area contributed by atoms with Crippen LogP contribution >= 0.6 is 0 Å². The average Bonchev–Trinajstić information content (AvgIpc) is 2.65. The molecule has 0 saturated carbocycles. The summed E-state index contributed by atoms with van der Waals surface area (Å²) in [5, 5.41) is 17.0. The first kappa shape index (κ1) is 11.0. The molecule has 0 saturated heterocycles. The molecular formula is C8H12N4O3. The maximum Gasteiger partial charge on any atom is 0.353 e. The maximum atomic E-state index is 11.3. The van der Waals surface area contributed by atoms with Gasteiger partial charge < -0.3 is 10.0 Å². The summed E-state index contributed by atoms with van der Waals surface area (Å²) in [6.45, 7) is 2.38. The molecule has 7 heteroatoms. The largest absolute Gasteiger partial charge is 0.477 e. The highest BCUT2D eigenvalue weighted by Crippen LogP contribution is 2.05. The van der Waals surface area contributed by atoms with Gasteiger partial charge in [0, 0.05) is 19.7 Å². The highest BCUT2D eigenvalue weighted by atomic mass is 16.4. The number of hydrogen-bond acceptors (Lipinski definition) is 3. The van der Waals surface area contributed by atoms with Gasteiger partial charge in [0.05, 0.1) is 0 Å². The first-order valence-corrected chi connectivity index (χ1v) is 4.35. The Morgan fingerprint density at radius 2 is 2.33 bits per heavy atom. The quantitative estimate of drug-likeness (QED) is 0.682. The summed E-state index contributed by atoms with van der Waals surface area (Å²) in [4.78, 5) is 23.3. The molecule has 3 N–H and O–H groups in total. The summed E-state index contributed by atoms with van der Waals surface area (Å²) in [6, 6.07) is 0.921. The van der Waals surface area contributed by atoms with Gasteiger partial charge in [-0.2, -0.15) is 5.10 Å². The van der Waals surface area contributed by atoms with Crippen LogP contribution in [0.4, 0.5) is 10.6 Å². The van der Waals surface area contributed by atoms with Crippen LogP contribution in [0.2, 0.25) is 0 Å². The van der Waals surface area contributed by atoms with Gasteiger partial charge in [-0.05, 0) is 6.92 Å². The zero-order valence-corrected chi connectivity index (χ0v) is 8.44. The summed E-state index contributed by atoms with van der Waals surface area (Å²) < 4.78 is 0.